The summed E-state index contributed by atoms with van der Waals surface area (Å²) in [4.78, 5) is 41.1. The molecule has 2 aliphatic heterocycles. The molecule has 0 aromatic heterocycles. The first-order valence-corrected chi connectivity index (χ1v) is 10.3. The van der Waals surface area contributed by atoms with Crippen LogP contribution in [0.5, 0.6) is 0 Å². The molecule has 1 aromatic carbocycles. The van der Waals surface area contributed by atoms with Crippen LogP contribution in [0.1, 0.15) is 55.3 Å². The van der Waals surface area contributed by atoms with Crippen molar-refractivity contribution in [3.05, 3.63) is 35.9 Å². The molecule has 1 spiro atoms. The minimum Gasteiger partial charge on any atom is -0.349 e. The molecule has 28 heavy (non-hydrogen) atoms. The fourth-order valence-electron chi connectivity index (χ4n) is 4.58. The van der Waals surface area contributed by atoms with Gasteiger partial charge in [0.15, 0.2) is 0 Å². The highest BCUT2D eigenvalue weighted by molar-refractivity contribution is 6.07. The number of carbonyl (C=O) groups excluding carboxylic acids is 3. The maximum atomic E-state index is 12.9. The van der Waals surface area contributed by atoms with Gasteiger partial charge in [-0.3, -0.25) is 14.5 Å². The van der Waals surface area contributed by atoms with Gasteiger partial charge in [0, 0.05) is 24.7 Å². The van der Waals surface area contributed by atoms with Gasteiger partial charge in [-0.25, -0.2) is 9.69 Å². The number of rotatable bonds is 4. The smallest absolute Gasteiger partial charge is 0.326 e. The maximum absolute atomic E-state index is 12.9. The van der Waals surface area contributed by atoms with Gasteiger partial charge in [0.1, 0.15) is 5.54 Å². The molecule has 7 nitrogen and oxygen atoms in total. The number of carbonyl (C=O) groups is 3. The number of urea groups is 1. The van der Waals surface area contributed by atoms with Gasteiger partial charge >= 0.3 is 6.03 Å². The van der Waals surface area contributed by atoms with Gasteiger partial charge in [0.25, 0.3) is 11.8 Å². The van der Waals surface area contributed by atoms with Crippen LogP contribution in [-0.4, -0.2) is 59.0 Å². The Bertz CT molecular complexity index is 737. The van der Waals surface area contributed by atoms with Crippen molar-refractivity contribution in [1.82, 2.24) is 20.4 Å². The summed E-state index contributed by atoms with van der Waals surface area (Å²) in [5.74, 6) is -0.107. The zero-order valence-corrected chi connectivity index (χ0v) is 16.2. The van der Waals surface area contributed by atoms with E-state index in [0.29, 0.717) is 12.2 Å². The van der Waals surface area contributed by atoms with Gasteiger partial charge in [0.2, 0.25) is 0 Å². The molecular formula is C21H28N4O3. The molecule has 2 N–H and O–H groups in total. The van der Waals surface area contributed by atoms with Crippen LogP contribution in [0.4, 0.5) is 4.79 Å². The van der Waals surface area contributed by atoms with Gasteiger partial charge in [-0.1, -0.05) is 37.5 Å². The minimum atomic E-state index is -0.655. The number of nitrogens with zero attached hydrogens (tertiary/aromatic N) is 2. The van der Waals surface area contributed by atoms with E-state index in [1.807, 2.05) is 30.3 Å². The van der Waals surface area contributed by atoms with Crippen molar-refractivity contribution in [3.8, 4) is 0 Å². The van der Waals surface area contributed by atoms with Crippen molar-refractivity contribution in [1.29, 1.82) is 0 Å². The Morgan fingerprint density at radius 3 is 2.43 bits per heavy atom. The lowest BCUT2D eigenvalue weighted by Gasteiger charge is -2.34. The highest BCUT2D eigenvalue weighted by atomic mass is 16.2. The fraction of sp³-hybridized carbons (Fsp3) is 0.571. The van der Waals surface area contributed by atoms with E-state index in [0.717, 1.165) is 58.0 Å². The summed E-state index contributed by atoms with van der Waals surface area (Å²) in [6.07, 6.45) is 6.25. The molecule has 0 atom stereocenters. The fourth-order valence-corrected chi connectivity index (χ4v) is 4.58. The van der Waals surface area contributed by atoms with Crippen molar-refractivity contribution in [2.45, 2.75) is 56.5 Å². The maximum Gasteiger partial charge on any atom is 0.326 e. The summed E-state index contributed by atoms with van der Waals surface area (Å²) in [6, 6.07) is 9.08. The Balaban J connectivity index is 1.28. The number of nitrogens with one attached hydrogen (secondary N) is 2. The van der Waals surface area contributed by atoms with Gasteiger partial charge in [-0.15, -0.1) is 0 Å². The second-order valence-corrected chi connectivity index (χ2v) is 8.18. The van der Waals surface area contributed by atoms with Crippen molar-refractivity contribution in [2.24, 2.45) is 0 Å². The molecule has 4 amide bonds. The van der Waals surface area contributed by atoms with E-state index in [1.165, 1.54) is 4.90 Å². The molecule has 4 rings (SSSR count). The molecule has 150 valence electrons. The average molecular weight is 384 g/mol. The topological polar surface area (TPSA) is 81.8 Å². The Morgan fingerprint density at radius 1 is 1.07 bits per heavy atom. The number of benzene rings is 1. The van der Waals surface area contributed by atoms with E-state index in [4.69, 9.17) is 0 Å². The molecule has 2 saturated heterocycles. The second kappa shape index (κ2) is 7.91. The van der Waals surface area contributed by atoms with Crippen LogP contribution in [-0.2, 0) is 4.79 Å². The summed E-state index contributed by atoms with van der Waals surface area (Å²) >= 11 is 0. The predicted octanol–water partition coefficient (Wildman–Crippen LogP) is 2.09. The molecule has 0 bridgehead atoms. The van der Waals surface area contributed by atoms with Crippen LogP contribution in [0, 0.1) is 0 Å². The average Bonchev–Trinajstić information content (AvgIpc) is 2.94. The van der Waals surface area contributed by atoms with Gasteiger partial charge in [0.05, 0.1) is 6.67 Å². The summed E-state index contributed by atoms with van der Waals surface area (Å²) in [7, 11) is 0. The summed E-state index contributed by atoms with van der Waals surface area (Å²) in [5, 5.41) is 6.05. The molecule has 7 heteroatoms. The van der Waals surface area contributed by atoms with Crippen molar-refractivity contribution in [3.63, 3.8) is 0 Å². The van der Waals surface area contributed by atoms with E-state index < -0.39 is 5.54 Å². The van der Waals surface area contributed by atoms with E-state index in [9.17, 15) is 14.4 Å². The van der Waals surface area contributed by atoms with Crippen LogP contribution in [0.2, 0.25) is 0 Å². The van der Waals surface area contributed by atoms with Gasteiger partial charge in [-0.05, 0) is 37.8 Å². The molecule has 1 aromatic rings. The van der Waals surface area contributed by atoms with E-state index in [1.54, 1.807) is 0 Å². The van der Waals surface area contributed by atoms with Crippen LogP contribution in [0.15, 0.2) is 30.3 Å². The second-order valence-electron chi connectivity index (χ2n) is 8.18. The molecule has 1 saturated carbocycles. The zero-order valence-electron chi connectivity index (χ0n) is 16.2. The lowest BCUT2D eigenvalue weighted by atomic mass is 9.82. The first kappa shape index (κ1) is 18.9. The highest BCUT2D eigenvalue weighted by Gasteiger charge is 2.51. The molecule has 0 radical (unpaired) electrons. The largest absolute Gasteiger partial charge is 0.349 e. The number of amides is 4. The molecular weight excluding hydrogens is 356 g/mol. The Labute approximate surface area is 165 Å². The number of hydrogen-bond donors (Lipinski definition) is 2. The van der Waals surface area contributed by atoms with Gasteiger partial charge in [-0.2, -0.15) is 0 Å². The quantitative estimate of drug-likeness (QED) is 0.779. The lowest BCUT2D eigenvalue weighted by molar-refractivity contribution is -0.134. The van der Waals surface area contributed by atoms with E-state index in [2.05, 4.69) is 15.5 Å². The third kappa shape index (κ3) is 3.76. The Kier molecular flexibility index (Phi) is 5.35. The predicted molar refractivity (Wildman–Crippen MR) is 105 cm³/mol. The van der Waals surface area contributed by atoms with E-state index in [-0.39, 0.29) is 23.9 Å². The van der Waals surface area contributed by atoms with Crippen LogP contribution in [0.25, 0.3) is 0 Å². The molecule has 3 fully saturated rings. The van der Waals surface area contributed by atoms with Crippen molar-refractivity contribution < 1.29 is 14.4 Å². The first-order chi connectivity index (χ1) is 13.6. The SMILES string of the molecule is O=C(NC1CCN(CN2C(=O)NC3(CCCCC3)C2=O)CC1)c1ccccc1. The first-order valence-electron chi connectivity index (χ1n) is 10.3. The van der Waals surface area contributed by atoms with Crippen LogP contribution in [0.3, 0.4) is 0 Å². The minimum absolute atomic E-state index is 0.0487. The van der Waals surface area contributed by atoms with E-state index >= 15 is 0 Å². The van der Waals surface area contributed by atoms with Crippen molar-refractivity contribution >= 4 is 17.8 Å². The summed E-state index contributed by atoms with van der Waals surface area (Å²) in [5.41, 5.74) is 0.0131. The summed E-state index contributed by atoms with van der Waals surface area (Å²) in [6.45, 7) is 1.85. The third-order valence-electron chi connectivity index (χ3n) is 6.25. The molecule has 3 aliphatic rings. The monoisotopic (exact) mass is 384 g/mol. The normalized spacial score (nSPS) is 23.1. The highest BCUT2D eigenvalue weighted by Crippen LogP contribution is 2.33. The Hall–Kier alpha value is -2.41. The van der Waals surface area contributed by atoms with Crippen molar-refractivity contribution in [2.75, 3.05) is 19.8 Å². The standard InChI is InChI=1S/C21H28N4O3/c26-18(16-7-3-1-4-8-16)22-17-9-13-24(14-10-17)15-25-19(27)21(23-20(25)28)11-5-2-6-12-21/h1,3-4,7-8,17H,2,5-6,9-15H2,(H,22,26)(H,23,28). The zero-order chi connectivity index (χ0) is 19.6. The molecule has 2 heterocycles. The van der Waals surface area contributed by atoms with Crippen LogP contribution >= 0.6 is 0 Å². The number of piperidine rings is 1. The lowest BCUT2D eigenvalue weighted by Crippen LogP contribution is -2.51. The Morgan fingerprint density at radius 2 is 1.75 bits per heavy atom. The number of imide groups is 1. The number of likely N-dealkylation sites (tertiary alicyclic amines) is 1. The summed E-state index contributed by atoms with van der Waals surface area (Å²) < 4.78 is 0. The third-order valence-corrected chi connectivity index (χ3v) is 6.25. The van der Waals surface area contributed by atoms with Crippen LogP contribution < -0.4 is 10.6 Å². The molecule has 1 aliphatic carbocycles. The van der Waals surface area contributed by atoms with Gasteiger partial charge < -0.3 is 10.6 Å². The number of hydrogen-bond acceptors (Lipinski definition) is 4. The molecule has 0 unspecified atom stereocenters.